The van der Waals surface area contributed by atoms with Crippen molar-refractivity contribution in [3.8, 4) is 0 Å². The lowest BCUT2D eigenvalue weighted by Gasteiger charge is -2.22. The molecular weight excluding hydrogens is 402 g/mol. The molecule has 6 nitrogen and oxygen atoms in total. The lowest BCUT2D eigenvalue weighted by molar-refractivity contribution is -0.126. The van der Waals surface area contributed by atoms with Crippen molar-refractivity contribution >= 4 is 23.3 Å². The van der Waals surface area contributed by atoms with Crippen LogP contribution in [-0.2, 0) is 9.59 Å². The van der Waals surface area contributed by atoms with Gasteiger partial charge >= 0.3 is 0 Å². The number of aryl methyl sites for hydroxylation is 5. The predicted octanol–water partition coefficient (Wildman–Crippen LogP) is 3.58. The van der Waals surface area contributed by atoms with E-state index < -0.39 is 11.7 Å². The number of hydrogen-bond donors (Lipinski definition) is 1. The summed E-state index contributed by atoms with van der Waals surface area (Å²) in [5.41, 5.74) is 6.18. The molecule has 2 amide bonds. The lowest BCUT2D eigenvalue weighted by Crippen LogP contribution is -2.40. The van der Waals surface area contributed by atoms with Gasteiger partial charge in [0.05, 0.1) is 6.54 Å². The molecule has 0 unspecified atom stereocenters. The Hall–Kier alpha value is -2.99. The highest BCUT2D eigenvalue weighted by Gasteiger charge is 2.28. The van der Waals surface area contributed by atoms with Crippen LogP contribution in [0.25, 0.3) is 0 Å². The fraction of sp³-hybridized carbons (Fsp3) is 0.423. The van der Waals surface area contributed by atoms with Gasteiger partial charge in [-0.3, -0.25) is 19.3 Å². The molecule has 0 bridgehead atoms. The molecule has 32 heavy (non-hydrogen) atoms. The summed E-state index contributed by atoms with van der Waals surface area (Å²) < 4.78 is 0. The van der Waals surface area contributed by atoms with Gasteiger partial charge in [-0.25, -0.2) is 0 Å². The van der Waals surface area contributed by atoms with Crippen LogP contribution in [0.4, 0.5) is 5.69 Å². The maximum atomic E-state index is 13.0. The Morgan fingerprint density at radius 2 is 1.47 bits per heavy atom. The zero-order valence-electron chi connectivity index (χ0n) is 19.7. The van der Waals surface area contributed by atoms with E-state index in [1.54, 1.807) is 4.90 Å². The summed E-state index contributed by atoms with van der Waals surface area (Å²) in [4.78, 5) is 42.2. The summed E-state index contributed by atoms with van der Waals surface area (Å²) in [6.07, 6.45) is 0.724. The number of nitrogens with zero attached hydrogens (tertiary/aromatic N) is 2. The fourth-order valence-corrected chi connectivity index (χ4v) is 4.51. The number of anilines is 1. The molecule has 1 fully saturated rings. The van der Waals surface area contributed by atoms with Crippen LogP contribution in [0, 0.1) is 34.6 Å². The van der Waals surface area contributed by atoms with Crippen molar-refractivity contribution in [2.24, 2.45) is 0 Å². The molecule has 0 spiro atoms. The van der Waals surface area contributed by atoms with Gasteiger partial charge in [0.1, 0.15) is 0 Å². The van der Waals surface area contributed by atoms with Gasteiger partial charge in [-0.15, -0.1) is 0 Å². The first-order chi connectivity index (χ1) is 15.2. The van der Waals surface area contributed by atoms with Crippen LogP contribution < -0.4 is 5.32 Å². The second kappa shape index (κ2) is 10.1. The van der Waals surface area contributed by atoms with E-state index in [-0.39, 0.29) is 12.5 Å². The Kier molecular flexibility index (Phi) is 7.46. The smallest absolute Gasteiger partial charge is 0.295 e. The molecule has 170 valence electrons. The Labute approximate surface area is 190 Å². The number of amides is 2. The van der Waals surface area contributed by atoms with E-state index in [4.69, 9.17) is 0 Å². The van der Waals surface area contributed by atoms with E-state index in [1.165, 1.54) is 0 Å². The number of hydrogen-bond acceptors (Lipinski definition) is 4. The van der Waals surface area contributed by atoms with Crippen molar-refractivity contribution in [2.45, 2.75) is 41.0 Å². The Morgan fingerprint density at radius 3 is 2.09 bits per heavy atom. The van der Waals surface area contributed by atoms with Crippen LogP contribution in [0.5, 0.6) is 0 Å². The molecular formula is C26H33N3O3. The molecule has 0 radical (unpaired) electrons. The number of para-hydroxylation sites is 1. The largest absolute Gasteiger partial charge is 0.334 e. The molecule has 2 aromatic rings. The number of carbonyl (C=O) groups is 3. The zero-order chi connectivity index (χ0) is 23.4. The maximum absolute atomic E-state index is 13.0. The van der Waals surface area contributed by atoms with E-state index in [2.05, 4.69) is 5.32 Å². The molecule has 1 heterocycles. The molecule has 0 saturated carbocycles. The predicted molar refractivity (Wildman–Crippen MR) is 127 cm³/mol. The normalized spacial score (nSPS) is 14.7. The van der Waals surface area contributed by atoms with Gasteiger partial charge < -0.3 is 10.2 Å². The number of benzene rings is 2. The Bertz CT molecular complexity index is 1000. The highest BCUT2D eigenvalue weighted by atomic mass is 16.2. The zero-order valence-corrected chi connectivity index (χ0v) is 19.7. The van der Waals surface area contributed by atoms with Crippen LogP contribution in [0.15, 0.2) is 30.3 Å². The van der Waals surface area contributed by atoms with Gasteiger partial charge in [-0.1, -0.05) is 35.9 Å². The summed E-state index contributed by atoms with van der Waals surface area (Å²) in [7, 11) is 0. The average molecular weight is 436 g/mol. The van der Waals surface area contributed by atoms with Crippen molar-refractivity contribution in [2.75, 3.05) is 38.0 Å². The Morgan fingerprint density at radius 1 is 0.844 bits per heavy atom. The molecule has 1 aliphatic rings. The van der Waals surface area contributed by atoms with Crippen molar-refractivity contribution in [3.05, 3.63) is 63.7 Å². The third-order valence-electron chi connectivity index (χ3n) is 6.09. The van der Waals surface area contributed by atoms with E-state index >= 15 is 0 Å². The number of rotatable bonds is 5. The molecule has 0 atom stereocenters. The highest BCUT2D eigenvalue weighted by molar-refractivity contribution is 6.43. The first kappa shape index (κ1) is 23.7. The minimum absolute atomic E-state index is 0.0656. The number of ketones is 1. The summed E-state index contributed by atoms with van der Waals surface area (Å²) in [6, 6.07) is 9.81. The number of nitrogens with one attached hydrogen (secondary N) is 1. The molecule has 0 aliphatic carbocycles. The second-order valence-electron chi connectivity index (χ2n) is 8.84. The van der Waals surface area contributed by atoms with Gasteiger partial charge in [0.25, 0.3) is 11.7 Å². The van der Waals surface area contributed by atoms with Crippen LogP contribution in [-0.4, -0.2) is 60.1 Å². The third kappa shape index (κ3) is 5.43. The first-order valence-corrected chi connectivity index (χ1v) is 11.2. The van der Waals surface area contributed by atoms with Gasteiger partial charge in [-0.2, -0.15) is 0 Å². The standard InChI is InChI=1S/C26H33N3O3/c1-17-14-20(4)23(21(5)15-17)25(31)26(32)29-11-7-10-28(12-13-29)16-22(30)27-24-18(2)8-6-9-19(24)3/h6,8-9,14-15H,7,10-13,16H2,1-5H3,(H,27,30). The fourth-order valence-electron chi connectivity index (χ4n) is 4.51. The van der Waals surface area contributed by atoms with Gasteiger partial charge in [0.15, 0.2) is 0 Å². The van der Waals surface area contributed by atoms with Crippen molar-refractivity contribution in [1.82, 2.24) is 9.80 Å². The van der Waals surface area contributed by atoms with Crippen LogP contribution in [0.3, 0.4) is 0 Å². The second-order valence-corrected chi connectivity index (χ2v) is 8.84. The lowest BCUT2D eigenvalue weighted by atomic mass is 9.96. The Balaban J connectivity index is 1.60. The molecule has 6 heteroatoms. The van der Waals surface area contributed by atoms with Crippen LogP contribution in [0.2, 0.25) is 0 Å². The summed E-state index contributed by atoms with van der Waals surface area (Å²) >= 11 is 0. The summed E-state index contributed by atoms with van der Waals surface area (Å²) in [5.74, 6) is -0.965. The van der Waals surface area contributed by atoms with Crippen molar-refractivity contribution < 1.29 is 14.4 Å². The molecule has 3 rings (SSSR count). The molecule has 1 aliphatic heterocycles. The van der Waals surface area contributed by atoms with E-state index in [0.29, 0.717) is 31.7 Å². The van der Waals surface area contributed by atoms with Crippen molar-refractivity contribution in [1.29, 1.82) is 0 Å². The van der Waals surface area contributed by atoms with Crippen LogP contribution >= 0.6 is 0 Å². The topological polar surface area (TPSA) is 69.7 Å². The van der Waals surface area contributed by atoms with Gasteiger partial charge in [0.2, 0.25) is 5.91 Å². The minimum Gasteiger partial charge on any atom is -0.334 e. The molecule has 1 saturated heterocycles. The molecule has 2 aromatic carbocycles. The monoisotopic (exact) mass is 435 g/mol. The van der Waals surface area contributed by atoms with E-state index in [0.717, 1.165) is 39.9 Å². The first-order valence-electron chi connectivity index (χ1n) is 11.2. The number of Topliss-reactive ketones (excluding diaryl/α,β-unsaturated/α-hetero) is 1. The van der Waals surface area contributed by atoms with E-state index in [1.807, 2.05) is 69.9 Å². The van der Waals surface area contributed by atoms with Gasteiger partial charge in [0, 0.05) is 37.4 Å². The van der Waals surface area contributed by atoms with Crippen molar-refractivity contribution in [3.63, 3.8) is 0 Å². The maximum Gasteiger partial charge on any atom is 0.295 e. The van der Waals surface area contributed by atoms with Gasteiger partial charge in [-0.05, 0) is 63.3 Å². The highest BCUT2D eigenvalue weighted by Crippen LogP contribution is 2.20. The van der Waals surface area contributed by atoms with E-state index in [9.17, 15) is 14.4 Å². The quantitative estimate of drug-likeness (QED) is 0.576. The minimum atomic E-state index is -0.457. The average Bonchev–Trinajstić information content (AvgIpc) is 2.95. The summed E-state index contributed by atoms with van der Waals surface area (Å²) in [5, 5.41) is 3.02. The molecule has 0 aromatic heterocycles. The SMILES string of the molecule is Cc1cc(C)c(C(=O)C(=O)N2CCCN(CC(=O)Nc3c(C)cccc3C)CC2)c(C)c1. The molecule has 1 N–H and O–H groups in total. The van der Waals surface area contributed by atoms with Crippen LogP contribution in [0.1, 0.15) is 44.6 Å². The number of carbonyl (C=O) groups excluding carboxylic acids is 3. The third-order valence-corrected chi connectivity index (χ3v) is 6.09. The summed E-state index contributed by atoms with van der Waals surface area (Å²) in [6.45, 7) is 12.2.